The summed E-state index contributed by atoms with van der Waals surface area (Å²) in [6.45, 7) is 9.98. The van der Waals surface area contributed by atoms with Crippen molar-refractivity contribution >= 4 is 23.2 Å². The van der Waals surface area contributed by atoms with Crippen LogP contribution in [0.2, 0.25) is 0 Å². The Balaban J connectivity index is 4.50. The lowest BCUT2D eigenvalue weighted by molar-refractivity contribution is 0.183. The highest BCUT2D eigenvalue weighted by molar-refractivity contribution is 7.80. The van der Waals surface area contributed by atoms with Gasteiger partial charge in [0.25, 0.3) is 0 Å². The number of nitrogens with two attached hydrogens (primary N) is 1. The van der Waals surface area contributed by atoms with E-state index in [-0.39, 0.29) is 17.6 Å². The van der Waals surface area contributed by atoms with Crippen molar-refractivity contribution in [3.05, 3.63) is 0 Å². The average Bonchev–Trinajstić information content (AvgIpc) is 1.95. The first-order valence-corrected chi connectivity index (χ1v) is 5.41. The Kier molecular flexibility index (Phi) is 5.00. The average molecular weight is 231 g/mol. The molecule has 0 aliphatic heterocycles. The third kappa shape index (κ3) is 6.28. The maximum atomic E-state index is 11.8. The number of urea groups is 1. The number of thiocarbonyl (C=S) groups is 1. The first-order valence-electron chi connectivity index (χ1n) is 5.00. The van der Waals surface area contributed by atoms with Crippen LogP contribution in [0.5, 0.6) is 0 Å². The molecular weight excluding hydrogens is 210 g/mol. The smallest absolute Gasteiger partial charge is 0.318 e. The highest BCUT2D eigenvalue weighted by Crippen LogP contribution is 2.04. The van der Waals surface area contributed by atoms with Crippen molar-refractivity contribution in [3.63, 3.8) is 0 Å². The van der Waals surface area contributed by atoms with Gasteiger partial charge in [-0.05, 0) is 34.6 Å². The fourth-order valence-electron chi connectivity index (χ4n) is 1.05. The summed E-state index contributed by atoms with van der Waals surface area (Å²) < 4.78 is 0. The van der Waals surface area contributed by atoms with E-state index in [0.717, 1.165) is 0 Å². The Morgan fingerprint density at radius 1 is 1.47 bits per heavy atom. The molecule has 0 aromatic carbocycles. The van der Waals surface area contributed by atoms with Crippen molar-refractivity contribution < 1.29 is 4.79 Å². The van der Waals surface area contributed by atoms with Crippen LogP contribution in [0.15, 0.2) is 0 Å². The summed E-state index contributed by atoms with van der Waals surface area (Å²) in [6.07, 6.45) is 0. The highest BCUT2D eigenvalue weighted by Gasteiger charge is 2.21. The Hall–Kier alpha value is -0.840. The van der Waals surface area contributed by atoms with Gasteiger partial charge in [0.1, 0.15) is 0 Å². The van der Waals surface area contributed by atoms with E-state index in [1.807, 2.05) is 34.6 Å². The van der Waals surface area contributed by atoms with Crippen LogP contribution in [0.4, 0.5) is 4.79 Å². The van der Waals surface area contributed by atoms with E-state index < -0.39 is 0 Å². The molecule has 0 fully saturated rings. The molecule has 3 N–H and O–H groups in total. The van der Waals surface area contributed by atoms with Crippen LogP contribution in [-0.2, 0) is 0 Å². The van der Waals surface area contributed by atoms with Crippen LogP contribution >= 0.6 is 12.2 Å². The number of hydrogen-bond donors (Lipinski definition) is 2. The number of rotatable bonds is 3. The number of nitrogens with zero attached hydrogens (tertiary/aromatic N) is 1. The summed E-state index contributed by atoms with van der Waals surface area (Å²) in [5.41, 5.74) is 5.19. The zero-order chi connectivity index (χ0) is 12.2. The fourth-order valence-corrected chi connectivity index (χ4v) is 1.19. The van der Waals surface area contributed by atoms with Gasteiger partial charge in [-0.25, -0.2) is 4.79 Å². The molecule has 88 valence electrons. The Morgan fingerprint density at radius 2 is 1.93 bits per heavy atom. The number of carbonyl (C=O) groups excluding carboxylic acids is 1. The van der Waals surface area contributed by atoms with Crippen molar-refractivity contribution in [2.45, 2.75) is 46.2 Å². The molecule has 0 heterocycles. The van der Waals surface area contributed by atoms with E-state index in [1.165, 1.54) is 0 Å². The predicted molar refractivity (Wildman–Crippen MR) is 66.9 cm³/mol. The topological polar surface area (TPSA) is 58.4 Å². The van der Waals surface area contributed by atoms with Crippen molar-refractivity contribution in [2.24, 2.45) is 5.73 Å². The lowest BCUT2D eigenvalue weighted by Gasteiger charge is -2.30. The van der Waals surface area contributed by atoms with E-state index in [2.05, 4.69) is 5.32 Å². The van der Waals surface area contributed by atoms with E-state index in [1.54, 1.807) is 4.90 Å². The van der Waals surface area contributed by atoms with Gasteiger partial charge >= 0.3 is 6.03 Å². The molecule has 0 aliphatic rings. The lowest BCUT2D eigenvalue weighted by Crippen LogP contribution is -2.52. The van der Waals surface area contributed by atoms with Gasteiger partial charge in [-0.2, -0.15) is 0 Å². The molecule has 0 rings (SSSR count). The van der Waals surface area contributed by atoms with E-state index in [9.17, 15) is 4.79 Å². The lowest BCUT2D eigenvalue weighted by atomic mass is 10.1. The molecule has 0 radical (unpaired) electrons. The Morgan fingerprint density at radius 3 is 2.20 bits per heavy atom. The van der Waals surface area contributed by atoms with Gasteiger partial charge < -0.3 is 16.0 Å². The van der Waals surface area contributed by atoms with Gasteiger partial charge in [0.05, 0.1) is 11.5 Å². The van der Waals surface area contributed by atoms with Gasteiger partial charge in [0, 0.05) is 11.6 Å². The molecule has 15 heavy (non-hydrogen) atoms. The van der Waals surface area contributed by atoms with Crippen molar-refractivity contribution in [1.29, 1.82) is 0 Å². The number of amides is 2. The number of nitrogens with one attached hydrogen (secondary N) is 1. The second-order valence-electron chi connectivity index (χ2n) is 4.87. The van der Waals surface area contributed by atoms with Crippen molar-refractivity contribution in [1.82, 2.24) is 10.2 Å². The monoisotopic (exact) mass is 231 g/mol. The van der Waals surface area contributed by atoms with Crippen LogP contribution in [-0.4, -0.2) is 34.0 Å². The van der Waals surface area contributed by atoms with Crippen LogP contribution in [0.1, 0.15) is 34.6 Å². The summed E-state index contributed by atoms with van der Waals surface area (Å²) >= 11 is 4.81. The second-order valence-corrected chi connectivity index (χ2v) is 5.39. The van der Waals surface area contributed by atoms with E-state index >= 15 is 0 Å². The number of hydrogen-bond acceptors (Lipinski definition) is 2. The zero-order valence-corrected chi connectivity index (χ0v) is 10.9. The maximum Gasteiger partial charge on any atom is 0.318 e. The van der Waals surface area contributed by atoms with E-state index in [4.69, 9.17) is 18.0 Å². The first kappa shape index (κ1) is 14.2. The van der Waals surface area contributed by atoms with Gasteiger partial charge in [-0.15, -0.1) is 0 Å². The van der Waals surface area contributed by atoms with Crippen molar-refractivity contribution in [2.75, 3.05) is 6.54 Å². The number of carbonyl (C=O) groups is 1. The highest BCUT2D eigenvalue weighted by atomic mass is 32.1. The normalized spacial score (nSPS) is 11.3. The standard InChI is InChI=1S/C10H21N3OS/c1-7(2)13(6-8(11)15)9(14)12-10(3,4)5/h7H,6H2,1-5H3,(H2,11,15)(H,12,14). The zero-order valence-electron chi connectivity index (χ0n) is 10.1. The molecule has 0 bridgehead atoms. The van der Waals surface area contributed by atoms with Gasteiger partial charge in [-0.3, -0.25) is 0 Å². The van der Waals surface area contributed by atoms with Crippen LogP contribution in [0.25, 0.3) is 0 Å². The summed E-state index contributed by atoms with van der Waals surface area (Å²) in [6, 6.07) is -0.0563. The second kappa shape index (κ2) is 5.30. The molecule has 0 aliphatic carbocycles. The van der Waals surface area contributed by atoms with Gasteiger partial charge in [0.2, 0.25) is 0 Å². The van der Waals surface area contributed by atoms with Gasteiger partial charge in [-0.1, -0.05) is 12.2 Å². The largest absolute Gasteiger partial charge is 0.392 e. The van der Waals surface area contributed by atoms with Gasteiger partial charge in [0.15, 0.2) is 0 Å². The minimum atomic E-state index is -0.250. The minimum absolute atomic E-state index is 0.0776. The molecule has 4 nitrogen and oxygen atoms in total. The molecule has 0 unspecified atom stereocenters. The van der Waals surface area contributed by atoms with Crippen LogP contribution in [0, 0.1) is 0 Å². The molecular formula is C10H21N3OS. The quantitative estimate of drug-likeness (QED) is 0.724. The molecule has 2 amide bonds. The molecule has 0 aromatic heterocycles. The molecule has 0 saturated carbocycles. The predicted octanol–water partition coefficient (Wildman–Crippen LogP) is 1.49. The molecule has 5 heteroatoms. The SMILES string of the molecule is CC(C)N(CC(N)=S)C(=O)NC(C)(C)C. The summed E-state index contributed by atoms with van der Waals surface area (Å²) in [7, 11) is 0. The maximum absolute atomic E-state index is 11.8. The van der Waals surface area contributed by atoms with E-state index in [0.29, 0.717) is 11.5 Å². The third-order valence-electron chi connectivity index (χ3n) is 1.69. The fraction of sp³-hybridized carbons (Fsp3) is 0.800. The van der Waals surface area contributed by atoms with Crippen LogP contribution in [0.3, 0.4) is 0 Å². The summed E-state index contributed by atoms with van der Waals surface area (Å²) in [5.74, 6) is 0. The first-order chi connectivity index (χ1) is 6.63. The molecule has 0 aromatic rings. The molecule has 0 spiro atoms. The Labute approximate surface area is 97.2 Å². The summed E-state index contributed by atoms with van der Waals surface area (Å²) in [5, 5.41) is 2.88. The van der Waals surface area contributed by atoms with Crippen LogP contribution < -0.4 is 11.1 Å². The Bertz CT molecular complexity index is 246. The molecule has 0 saturated heterocycles. The van der Waals surface area contributed by atoms with Crippen molar-refractivity contribution in [3.8, 4) is 0 Å². The third-order valence-corrected chi connectivity index (χ3v) is 1.82. The minimum Gasteiger partial charge on any atom is -0.392 e. The molecule has 0 atom stereocenters. The summed E-state index contributed by atoms with van der Waals surface area (Å²) in [4.78, 5) is 13.8.